The van der Waals surface area contributed by atoms with Crippen LogP contribution in [0.25, 0.3) is 0 Å². The van der Waals surface area contributed by atoms with Crippen molar-refractivity contribution in [2.75, 3.05) is 11.9 Å². The lowest BCUT2D eigenvalue weighted by molar-refractivity contribution is -0.165. The van der Waals surface area contributed by atoms with Crippen molar-refractivity contribution in [1.29, 1.82) is 0 Å². The van der Waals surface area contributed by atoms with Crippen LogP contribution in [0.3, 0.4) is 0 Å². The summed E-state index contributed by atoms with van der Waals surface area (Å²) in [4.78, 5) is 50.8. The number of aromatic nitrogens is 2. The average Bonchev–Trinajstić information content (AvgIpc) is 2.90. The Morgan fingerprint density at radius 1 is 1.19 bits per heavy atom. The normalized spacial score (nSPS) is 23.2. The van der Waals surface area contributed by atoms with E-state index in [2.05, 4.69) is 10.3 Å². The first kappa shape index (κ1) is 24.3. The zero-order chi connectivity index (χ0) is 23.5. The highest BCUT2D eigenvalue weighted by Gasteiger charge is 2.48. The van der Waals surface area contributed by atoms with Crippen LogP contribution in [0.2, 0.25) is 0 Å². The number of carbonyl (C=O) groups is 3. The number of esters is 2. The number of nitrogens with zero attached hydrogens (tertiary/aromatic N) is 2. The van der Waals surface area contributed by atoms with Crippen LogP contribution in [0.4, 0.5) is 15.0 Å². The molecule has 1 aromatic rings. The van der Waals surface area contributed by atoms with Crippen LogP contribution in [0.15, 0.2) is 11.0 Å². The number of hydrogen-bond acceptors (Lipinski definition) is 9. The van der Waals surface area contributed by atoms with E-state index in [0.717, 1.165) is 24.6 Å². The molecule has 1 aliphatic rings. The molecule has 0 saturated carbocycles. The van der Waals surface area contributed by atoms with Gasteiger partial charge in [-0.1, -0.05) is 20.8 Å². The van der Waals surface area contributed by atoms with Crippen molar-refractivity contribution < 1.29 is 37.7 Å². The molecule has 12 heteroatoms. The van der Waals surface area contributed by atoms with Crippen LogP contribution >= 0.6 is 0 Å². The van der Waals surface area contributed by atoms with Gasteiger partial charge in [0, 0.05) is 13.8 Å². The predicted octanol–water partition coefficient (Wildman–Crippen LogP) is 1.76. The van der Waals surface area contributed by atoms with Crippen molar-refractivity contribution in [3.8, 4) is 0 Å². The predicted molar refractivity (Wildman–Crippen MR) is 104 cm³/mol. The number of anilines is 1. The van der Waals surface area contributed by atoms with E-state index in [1.54, 1.807) is 6.92 Å². The molecule has 1 aliphatic heterocycles. The van der Waals surface area contributed by atoms with Gasteiger partial charge in [0.2, 0.25) is 0 Å². The smallest absolute Gasteiger partial charge is 0.412 e. The van der Waals surface area contributed by atoms with E-state index < -0.39 is 59.9 Å². The van der Waals surface area contributed by atoms with Gasteiger partial charge < -0.3 is 18.9 Å². The van der Waals surface area contributed by atoms with Gasteiger partial charge in [-0.2, -0.15) is 4.98 Å². The fourth-order valence-corrected chi connectivity index (χ4v) is 2.83. The molecule has 0 aromatic carbocycles. The molecule has 1 aromatic heterocycles. The van der Waals surface area contributed by atoms with Crippen LogP contribution in [-0.4, -0.2) is 52.5 Å². The minimum Gasteiger partial charge on any atom is -0.456 e. The molecule has 4 atom stereocenters. The Morgan fingerprint density at radius 2 is 1.77 bits per heavy atom. The van der Waals surface area contributed by atoms with Crippen LogP contribution in [0.1, 0.15) is 47.8 Å². The summed E-state index contributed by atoms with van der Waals surface area (Å²) in [5.74, 6) is -3.05. The lowest BCUT2D eigenvalue weighted by Crippen LogP contribution is -2.40. The number of amides is 1. The van der Waals surface area contributed by atoms with Gasteiger partial charge in [-0.25, -0.2) is 14.0 Å². The molecule has 0 bridgehead atoms. The van der Waals surface area contributed by atoms with Gasteiger partial charge in [-0.3, -0.25) is 19.5 Å². The van der Waals surface area contributed by atoms with E-state index in [1.165, 1.54) is 0 Å². The third-order valence-electron chi connectivity index (χ3n) is 4.06. The van der Waals surface area contributed by atoms with Gasteiger partial charge in [0.05, 0.1) is 18.9 Å². The van der Waals surface area contributed by atoms with Gasteiger partial charge in [0.15, 0.2) is 30.1 Å². The van der Waals surface area contributed by atoms with E-state index in [-0.39, 0.29) is 12.0 Å². The lowest BCUT2D eigenvalue weighted by atomic mass is 9.99. The molecule has 2 rings (SSSR count). The van der Waals surface area contributed by atoms with Gasteiger partial charge in [-0.15, -0.1) is 0 Å². The van der Waals surface area contributed by atoms with Crippen LogP contribution in [-0.2, 0) is 28.5 Å². The van der Waals surface area contributed by atoms with Crippen molar-refractivity contribution in [3.63, 3.8) is 0 Å². The first-order chi connectivity index (χ1) is 14.3. The van der Waals surface area contributed by atoms with Crippen molar-refractivity contribution in [1.82, 2.24) is 9.55 Å². The van der Waals surface area contributed by atoms with Crippen LogP contribution in [0.5, 0.6) is 0 Å². The van der Waals surface area contributed by atoms with E-state index in [1.807, 2.05) is 20.8 Å². The fourth-order valence-electron chi connectivity index (χ4n) is 2.83. The number of halogens is 1. The third kappa shape index (κ3) is 6.48. The van der Waals surface area contributed by atoms with Crippen molar-refractivity contribution in [3.05, 3.63) is 22.5 Å². The van der Waals surface area contributed by atoms with E-state index >= 15 is 0 Å². The monoisotopic (exact) mass is 443 g/mol. The first-order valence-corrected chi connectivity index (χ1v) is 9.51. The molecular formula is C19H26FN3O8. The molecular weight excluding hydrogens is 417 g/mol. The minimum absolute atomic E-state index is 0.0624. The summed E-state index contributed by atoms with van der Waals surface area (Å²) in [6, 6.07) is 0. The SMILES string of the molecule is CC(=O)O[C@@H]1[C@H](OC(C)=O)[C@@H](C)O[C@H]1n1cc(F)c(NC(=O)OCC(C)(C)C)nc1=O. The second kappa shape index (κ2) is 9.41. The molecule has 1 fully saturated rings. The third-order valence-corrected chi connectivity index (χ3v) is 4.06. The topological polar surface area (TPSA) is 135 Å². The summed E-state index contributed by atoms with van der Waals surface area (Å²) in [7, 11) is 0. The van der Waals surface area contributed by atoms with Crippen LogP contribution in [0, 0.1) is 11.2 Å². The summed E-state index contributed by atoms with van der Waals surface area (Å²) in [6.45, 7) is 9.41. The number of carbonyl (C=O) groups excluding carboxylic acids is 3. The maximum atomic E-state index is 14.6. The Balaban J connectivity index is 2.28. The Labute approximate surface area is 177 Å². The first-order valence-electron chi connectivity index (χ1n) is 9.51. The van der Waals surface area contributed by atoms with Crippen molar-refractivity contribution >= 4 is 23.8 Å². The summed E-state index contributed by atoms with van der Waals surface area (Å²) in [5, 5.41) is 2.07. The molecule has 2 heterocycles. The van der Waals surface area contributed by atoms with Crippen molar-refractivity contribution in [2.45, 2.75) is 66.1 Å². The molecule has 0 radical (unpaired) electrons. The fraction of sp³-hybridized carbons (Fsp3) is 0.632. The van der Waals surface area contributed by atoms with E-state index in [0.29, 0.717) is 0 Å². The molecule has 1 N–H and O–H groups in total. The zero-order valence-corrected chi connectivity index (χ0v) is 18.1. The van der Waals surface area contributed by atoms with Crippen molar-refractivity contribution in [2.24, 2.45) is 5.41 Å². The Bertz CT molecular complexity index is 910. The summed E-state index contributed by atoms with van der Waals surface area (Å²) in [5.41, 5.74) is -1.31. The summed E-state index contributed by atoms with van der Waals surface area (Å²) in [6.07, 6.45) is -4.54. The molecule has 11 nitrogen and oxygen atoms in total. The maximum Gasteiger partial charge on any atom is 0.412 e. The Hall–Kier alpha value is -3.02. The highest BCUT2D eigenvalue weighted by Crippen LogP contribution is 2.33. The molecule has 1 saturated heterocycles. The molecule has 0 spiro atoms. The second-order valence-corrected chi connectivity index (χ2v) is 8.27. The second-order valence-electron chi connectivity index (χ2n) is 8.27. The summed E-state index contributed by atoms with van der Waals surface area (Å²) < 4.78 is 36.2. The van der Waals surface area contributed by atoms with Gasteiger partial charge in [-0.05, 0) is 12.3 Å². The Kier molecular flexibility index (Phi) is 7.37. The highest BCUT2D eigenvalue weighted by atomic mass is 19.1. The maximum absolute atomic E-state index is 14.6. The highest BCUT2D eigenvalue weighted by molar-refractivity contribution is 5.83. The molecule has 31 heavy (non-hydrogen) atoms. The van der Waals surface area contributed by atoms with E-state index in [9.17, 15) is 23.6 Å². The van der Waals surface area contributed by atoms with Gasteiger partial charge in [0.1, 0.15) is 0 Å². The molecule has 1 amide bonds. The largest absolute Gasteiger partial charge is 0.456 e. The molecule has 172 valence electrons. The molecule has 0 unspecified atom stereocenters. The quantitative estimate of drug-likeness (QED) is 0.533. The zero-order valence-electron chi connectivity index (χ0n) is 18.1. The van der Waals surface area contributed by atoms with Gasteiger partial charge in [0.25, 0.3) is 0 Å². The Morgan fingerprint density at radius 3 is 2.32 bits per heavy atom. The molecule has 0 aliphatic carbocycles. The van der Waals surface area contributed by atoms with E-state index in [4.69, 9.17) is 18.9 Å². The standard InChI is InChI=1S/C19H26FN3O8/c1-9-13(30-10(2)24)14(31-11(3)25)16(29-9)23-7-12(20)15(21-17(23)26)22-18(27)28-8-19(4,5)6/h7,9,13-14,16H,8H2,1-6H3,(H,21,22,26,27)/t9-,13-,14-,16-/m1/s1. The lowest BCUT2D eigenvalue weighted by Gasteiger charge is -2.23. The number of hydrogen-bond donors (Lipinski definition) is 1. The van der Waals surface area contributed by atoms with Crippen LogP contribution < -0.4 is 11.0 Å². The minimum atomic E-state index is -1.31. The average molecular weight is 443 g/mol. The number of nitrogens with one attached hydrogen (secondary N) is 1. The summed E-state index contributed by atoms with van der Waals surface area (Å²) >= 11 is 0. The van der Waals surface area contributed by atoms with Gasteiger partial charge >= 0.3 is 23.7 Å². The number of rotatable bonds is 5. The number of ether oxygens (including phenoxy) is 4.